The number of amides is 3. The Balaban J connectivity index is 5.19. The molecule has 0 saturated heterocycles. The third kappa shape index (κ3) is 8.69. The second-order valence-corrected chi connectivity index (χ2v) is 7.81. The Labute approximate surface area is 167 Å². The van der Waals surface area contributed by atoms with Gasteiger partial charge < -0.3 is 26.8 Å². The summed E-state index contributed by atoms with van der Waals surface area (Å²) in [4.78, 5) is 48.1. The van der Waals surface area contributed by atoms with Crippen LogP contribution in [0.5, 0.6) is 0 Å². The van der Waals surface area contributed by atoms with E-state index in [1.807, 2.05) is 27.7 Å². The number of nitrogens with two attached hydrogens (primary N) is 1. The van der Waals surface area contributed by atoms with Crippen LogP contribution in [0.25, 0.3) is 0 Å². The highest BCUT2D eigenvalue weighted by Crippen LogP contribution is 2.11. The topological polar surface area (TPSA) is 151 Å². The molecule has 6 N–H and O–H groups in total. The minimum Gasteiger partial charge on any atom is -0.481 e. The van der Waals surface area contributed by atoms with Gasteiger partial charge in [0, 0.05) is 6.54 Å². The molecule has 0 aliphatic carbocycles. The van der Waals surface area contributed by atoms with Crippen LogP contribution in [0, 0.1) is 17.8 Å². The van der Waals surface area contributed by atoms with Gasteiger partial charge in [-0.1, -0.05) is 48.0 Å². The van der Waals surface area contributed by atoms with Gasteiger partial charge in [-0.25, -0.2) is 0 Å². The van der Waals surface area contributed by atoms with Crippen LogP contribution < -0.4 is 21.7 Å². The fourth-order valence-corrected chi connectivity index (χ4v) is 2.43. The van der Waals surface area contributed by atoms with E-state index in [4.69, 9.17) is 10.8 Å². The lowest BCUT2D eigenvalue weighted by Crippen LogP contribution is -2.59. The molecule has 9 heteroatoms. The number of carboxylic acid groups (broad SMARTS) is 1. The zero-order chi connectivity index (χ0) is 22.0. The van der Waals surface area contributed by atoms with E-state index in [1.165, 1.54) is 0 Å². The van der Waals surface area contributed by atoms with Gasteiger partial charge in [-0.2, -0.15) is 0 Å². The summed E-state index contributed by atoms with van der Waals surface area (Å²) in [6, 6.07) is -2.40. The number of aliphatic carboxylic acids is 1. The van der Waals surface area contributed by atoms with Gasteiger partial charge in [-0.15, -0.1) is 0 Å². The number of nitrogens with one attached hydrogen (secondary N) is 3. The van der Waals surface area contributed by atoms with Crippen molar-refractivity contribution in [3.8, 4) is 0 Å². The zero-order valence-electron chi connectivity index (χ0n) is 17.7. The van der Waals surface area contributed by atoms with Crippen molar-refractivity contribution < 1.29 is 24.3 Å². The van der Waals surface area contributed by atoms with Crippen LogP contribution in [0.4, 0.5) is 0 Å². The Hall–Kier alpha value is -2.16. The van der Waals surface area contributed by atoms with E-state index in [0.717, 1.165) is 0 Å². The predicted octanol–water partition coefficient (Wildman–Crippen LogP) is 0.232. The van der Waals surface area contributed by atoms with Gasteiger partial charge in [0.25, 0.3) is 0 Å². The van der Waals surface area contributed by atoms with E-state index in [-0.39, 0.29) is 30.7 Å². The molecule has 0 radical (unpaired) electrons. The summed E-state index contributed by atoms with van der Waals surface area (Å²) < 4.78 is 0. The van der Waals surface area contributed by atoms with Gasteiger partial charge in [0.15, 0.2) is 0 Å². The van der Waals surface area contributed by atoms with Gasteiger partial charge in [0.2, 0.25) is 17.7 Å². The molecule has 0 aromatic carbocycles. The average Bonchev–Trinajstić information content (AvgIpc) is 2.61. The average molecular weight is 401 g/mol. The number of carboxylic acids is 1. The zero-order valence-corrected chi connectivity index (χ0v) is 17.7. The Bertz CT molecular complexity index is 550. The van der Waals surface area contributed by atoms with Crippen molar-refractivity contribution in [2.75, 3.05) is 6.54 Å². The Morgan fingerprint density at radius 2 is 1.39 bits per heavy atom. The largest absolute Gasteiger partial charge is 0.481 e. The lowest BCUT2D eigenvalue weighted by atomic mass is 9.96. The number of rotatable bonds is 12. The first kappa shape index (κ1) is 25.8. The molecule has 0 aliphatic heterocycles. The Morgan fingerprint density at radius 3 is 1.82 bits per heavy atom. The maximum absolute atomic E-state index is 12.8. The number of carbonyl (C=O) groups is 4. The summed E-state index contributed by atoms with van der Waals surface area (Å²) >= 11 is 0. The smallest absolute Gasteiger partial charge is 0.305 e. The SMILES string of the molecule is CC[C@H](C)[C@H](NC(=O)[C@@H](NC(=O)[C@@H](N)C(C)C)C(C)C)C(=O)NCCC(=O)O. The molecule has 0 rings (SSSR count). The lowest BCUT2D eigenvalue weighted by molar-refractivity contribution is -0.137. The summed E-state index contributed by atoms with van der Waals surface area (Å²) in [5, 5.41) is 16.6. The Kier molecular flexibility index (Phi) is 11.4. The van der Waals surface area contributed by atoms with Crippen LogP contribution in [0.3, 0.4) is 0 Å². The first-order valence-corrected chi connectivity index (χ1v) is 9.78. The molecule has 162 valence electrons. The van der Waals surface area contributed by atoms with Crippen molar-refractivity contribution in [1.29, 1.82) is 0 Å². The molecule has 0 aromatic rings. The summed E-state index contributed by atoms with van der Waals surface area (Å²) in [5.41, 5.74) is 5.85. The molecule has 0 saturated carbocycles. The first-order valence-electron chi connectivity index (χ1n) is 9.78. The molecule has 28 heavy (non-hydrogen) atoms. The van der Waals surface area contributed by atoms with Crippen LogP contribution in [-0.2, 0) is 19.2 Å². The second-order valence-electron chi connectivity index (χ2n) is 7.81. The number of carbonyl (C=O) groups excluding carboxylic acids is 3. The molecule has 0 heterocycles. The van der Waals surface area contributed by atoms with Crippen LogP contribution in [0.15, 0.2) is 0 Å². The molecular formula is C19H36N4O5. The van der Waals surface area contributed by atoms with Crippen LogP contribution >= 0.6 is 0 Å². The normalized spacial score (nSPS) is 15.5. The summed E-state index contributed by atoms with van der Waals surface area (Å²) in [7, 11) is 0. The van der Waals surface area contributed by atoms with E-state index in [1.54, 1.807) is 13.8 Å². The van der Waals surface area contributed by atoms with Gasteiger partial charge >= 0.3 is 5.97 Å². The highest BCUT2D eigenvalue weighted by Gasteiger charge is 2.32. The summed E-state index contributed by atoms with van der Waals surface area (Å²) in [6.45, 7) is 10.9. The molecule has 9 nitrogen and oxygen atoms in total. The van der Waals surface area contributed by atoms with Gasteiger partial charge in [0.1, 0.15) is 12.1 Å². The fraction of sp³-hybridized carbons (Fsp3) is 0.789. The van der Waals surface area contributed by atoms with Crippen molar-refractivity contribution in [2.24, 2.45) is 23.5 Å². The van der Waals surface area contributed by atoms with E-state index in [0.29, 0.717) is 6.42 Å². The maximum atomic E-state index is 12.8. The maximum Gasteiger partial charge on any atom is 0.305 e. The molecule has 0 bridgehead atoms. The van der Waals surface area contributed by atoms with Gasteiger partial charge in [0.05, 0.1) is 12.5 Å². The number of hydrogen-bond donors (Lipinski definition) is 5. The minimum absolute atomic E-state index is 0.0233. The van der Waals surface area contributed by atoms with Crippen LogP contribution in [-0.4, -0.2) is 53.5 Å². The molecule has 0 aliphatic rings. The highest BCUT2D eigenvalue weighted by molar-refractivity contribution is 5.93. The van der Waals surface area contributed by atoms with Crippen molar-refractivity contribution in [1.82, 2.24) is 16.0 Å². The lowest BCUT2D eigenvalue weighted by Gasteiger charge is -2.29. The molecule has 0 fully saturated rings. The van der Waals surface area contributed by atoms with Crippen LogP contribution in [0.2, 0.25) is 0 Å². The number of hydrogen-bond acceptors (Lipinski definition) is 5. The van der Waals surface area contributed by atoms with E-state index in [9.17, 15) is 19.2 Å². The van der Waals surface area contributed by atoms with Crippen LogP contribution in [0.1, 0.15) is 54.4 Å². The van der Waals surface area contributed by atoms with E-state index >= 15 is 0 Å². The molecule has 3 amide bonds. The van der Waals surface area contributed by atoms with E-state index in [2.05, 4.69) is 16.0 Å². The molecule has 4 atom stereocenters. The van der Waals surface area contributed by atoms with Crippen molar-refractivity contribution in [2.45, 2.75) is 72.5 Å². The van der Waals surface area contributed by atoms with Gasteiger partial charge in [-0.3, -0.25) is 19.2 Å². The third-order valence-corrected chi connectivity index (χ3v) is 4.70. The van der Waals surface area contributed by atoms with Crippen molar-refractivity contribution >= 4 is 23.7 Å². The summed E-state index contributed by atoms with van der Waals surface area (Å²) in [5.74, 6) is -2.83. The first-order chi connectivity index (χ1) is 12.9. The van der Waals surface area contributed by atoms with Crippen molar-refractivity contribution in [3.05, 3.63) is 0 Å². The molecule has 0 aromatic heterocycles. The molecular weight excluding hydrogens is 364 g/mol. The third-order valence-electron chi connectivity index (χ3n) is 4.70. The minimum atomic E-state index is -1.02. The van der Waals surface area contributed by atoms with Gasteiger partial charge in [-0.05, 0) is 17.8 Å². The standard InChI is InChI=1S/C19H36N4O5/c1-7-12(6)16(18(27)21-9-8-13(24)25)23-19(28)15(11(4)5)22-17(26)14(20)10(2)3/h10-12,14-16H,7-9,20H2,1-6H3,(H,21,27)(H,22,26)(H,23,28)(H,24,25)/t12-,14-,15-,16-/m0/s1. The second kappa shape index (κ2) is 12.3. The quantitative estimate of drug-likeness (QED) is 0.316. The summed E-state index contributed by atoms with van der Waals surface area (Å²) in [6.07, 6.45) is 0.429. The fourth-order valence-electron chi connectivity index (χ4n) is 2.43. The molecule has 0 unspecified atom stereocenters. The monoisotopic (exact) mass is 400 g/mol. The Morgan fingerprint density at radius 1 is 0.857 bits per heavy atom. The highest BCUT2D eigenvalue weighted by atomic mass is 16.4. The van der Waals surface area contributed by atoms with Crippen molar-refractivity contribution in [3.63, 3.8) is 0 Å². The molecule has 0 spiro atoms. The predicted molar refractivity (Wildman–Crippen MR) is 106 cm³/mol. The van der Waals surface area contributed by atoms with E-state index < -0.39 is 41.8 Å².